The van der Waals surface area contributed by atoms with Crippen molar-refractivity contribution in [3.05, 3.63) is 36.5 Å². The Kier molecular flexibility index (Phi) is 2.41. The molecule has 3 heterocycles. The van der Waals surface area contributed by atoms with E-state index in [2.05, 4.69) is 25.3 Å². The molecule has 2 aromatic heterocycles. The van der Waals surface area contributed by atoms with Crippen LogP contribution in [0, 0.1) is 0 Å². The zero-order chi connectivity index (χ0) is 12.7. The van der Waals surface area contributed by atoms with E-state index in [0.29, 0.717) is 0 Å². The van der Waals surface area contributed by atoms with Crippen LogP contribution in [0.1, 0.15) is 5.69 Å². The van der Waals surface area contributed by atoms with Gasteiger partial charge in [-0.15, -0.1) is 11.8 Å². The summed E-state index contributed by atoms with van der Waals surface area (Å²) in [7, 11) is 0. The van der Waals surface area contributed by atoms with Crippen molar-refractivity contribution >= 4 is 34.3 Å². The van der Waals surface area contributed by atoms with E-state index in [1.54, 1.807) is 12.7 Å². The number of H-pyrrole nitrogens is 1. The van der Waals surface area contributed by atoms with Gasteiger partial charge in [0.2, 0.25) is 0 Å². The average Bonchev–Trinajstić information content (AvgIpc) is 3.06. The van der Waals surface area contributed by atoms with Gasteiger partial charge in [-0.2, -0.15) is 0 Å². The number of hydrogen-bond donors (Lipinski definition) is 2. The molecule has 0 aliphatic carbocycles. The topological polar surface area (TPSA) is 66.5 Å². The summed E-state index contributed by atoms with van der Waals surface area (Å²) in [5.41, 5.74) is 4.12. The van der Waals surface area contributed by atoms with Crippen LogP contribution in [0.5, 0.6) is 0 Å². The Bertz CT molecular complexity index is 752. The fourth-order valence-electron chi connectivity index (χ4n) is 2.23. The van der Waals surface area contributed by atoms with Crippen molar-refractivity contribution in [1.82, 2.24) is 19.9 Å². The highest BCUT2D eigenvalue weighted by molar-refractivity contribution is 7.99. The van der Waals surface area contributed by atoms with Crippen LogP contribution in [0.3, 0.4) is 0 Å². The Labute approximate surface area is 113 Å². The standard InChI is InChI=1S/C13H11N5S/c1-2-9-11(16-6-14-9)5-8(1)18-13-12-10(3-4-19-12)15-7-17-13/h1-2,5-7H,3-4H2,(H,14,16)(H,15,17,18). The predicted octanol–water partition coefficient (Wildman–Crippen LogP) is 2.74. The maximum Gasteiger partial charge on any atom is 0.147 e. The molecule has 0 saturated heterocycles. The molecule has 19 heavy (non-hydrogen) atoms. The van der Waals surface area contributed by atoms with Crippen LogP contribution in [0.2, 0.25) is 0 Å². The summed E-state index contributed by atoms with van der Waals surface area (Å²) in [5.74, 6) is 1.98. The molecule has 0 saturated carbocycles. The molecule has 0 unspecified atom stereocenters. The Balaban J connectivity index is 1.73. The molecule has 5 nitrogen and oxygen atoms in total. The fraction of sp³-hybridized carbons (Fsp3) is 0.154. The van der Waals surface area contributed by atoms with Gasteiger partial charge in [0.05, 0.1) is 28.0 Å². The van der Waals surface area contributed by atoms with E-state index >= 15 is 0 Å². The van der Waals surface area contributed by atoms with Gasteiger partial charge >= 0.3 is 0 Å². The molecule has 6 heteroatoms. The van der Waals surface area contributed by atoms with Crippen molar-refractivity contribution in [2.75, 3.05) is 11.1 Å². The number of thioether (sulfide) groups is 1. The number of imidazole rings is 1. The molecule has 1 aliphatic heterocycles. The number of nitrogens with zero attached hydrogens (tertiary/aromatic N) is 3. The van der Waals surface area contributed by atoms with E-state index < -0.39 is 0 Å². The van der Waals surface area contributed by atoms with E-state index in [1.807, 2.05) is 30.0 Å². The number of aromatic nitrogens is 4. The SMILES string of the molecule is c1nc2c(c(Nc3ccc4[nH]cnc4c3)n1)SCC2. The lowest BCUT2D eigenvalue weighted by Crippen LogP contribution is -1.98. The van der Waals surface area contributed by atoms with Crippen LogP contribution in [-0.2, 0) is 6.42 Å². The first-order valence-electron chi connectivity index (χ1n) is 6.07. The van der Waals surface area contributed by atoms with Crippen LogP contribution in [0.4, 0.5) is 11.5 Å². The van der Waals surface area contributed by atoms with Gasteiger partial charge in [-0.05, 0) is 18.2 Å². The highest BCUT2D eigenvalue weighted by Gasteiger charge is 2.17. The van der Waals surface area contributed by atoms with Gasteiger partial charge < -0.3 is 10.3 Å². The second-order valence-electron chi connectivity index (χ2n) is 4.36. The molecule has 0 spiro atoms. The second kappa shape index (κ2) is 4.24. The van der Waals surface area contributed by atoms with E-state index in [4.69, 9.17) is 0 Å². The minimum Gasteiger partial charge on any atom is -0.345 e. The second-order valence-corrected chi connectivity index (χ2v) is 5.46. The van der Waals surface area contributed by atoms with E-state index in [1.165, 1.54) is 4.90 Å². The summed E-state index contributed by atoms with van der Waals surface area (Å²) in [6, 6.07) is 6.05. The number of rotatable bonds is 2. The molecule has 0 fully saturated rings. The average molecular weight is 269 g/mol. The lowest BCUT2D eigenvalue weighted by molar-refractivity contribution is 0.980. The van der Waals surface area contributed by atoms with Crippen LogP contribution in [-0.4, -0.2) is 25.7 Å². The highest BCUT2D eigenvalue weighted by Crippen LogP contribution is 2.35. The van der Waals surface area contributed by atoms with Gasteiger partial charge in [-0.1, -0.05) is 0 Å². The summed E-state index contributed by atoms with van der Waals surface area (Å²) < 4.78 is 0. The first-order valence-corrected chi connectivity index (χ1v) is 7.05. The maximum atomic E-state index is 4.34. The van der Waals surface area contributed by atoms with Crippen LogP contribution < -0.4 is 5.32 Å². The summed E-state index contributed by atoms with van der Waals surface area (Å²) in [6.45, 7) is 0. The van der Waals surface area contributed by atoms with Crippen molar-refractivity contribution < 1.29 is 0 Å². The predicted molar refractivity (Wildman–Crippen MR) is 75.8 cm³/mol. The molecule has 0 bridgehead atoms. The molecular weight excluding hydrogens is 258 g/mol. The van der Waals surface area contributed by atoms with E-state index in [9.17, 15) is 0 Å². The van der Waals surface area contributed by atoms with E-state index in [-0.39, 0.29) is 0 Å². The van der Waals surface area contributed by atoms with Crippen molar-refractivity contribution in [3.63, 3.8) is 0 Å². The zero-order valence-corrected chi connectivity index (χ0v) is 10.9. The molecule has 3 aromatic rings. The third-order valence-electron chi connectivity index (χ3n) is 3.15. The van der Waals surface area contributed by atoms with Crippen LogP contribution in [0.25, 0.3) is 11.0 Å². The quantitative estimate of drug-likeness (QED) is 0.748. The van der Waals surface area contributed by atoms with Gasteiger partial charge in [-0.3, -0.25) is 0 Å². The number of nitrogens with one attached hydrogen (secondary N) is 2. The van der Waals surface area contributed by atoms with Crippen molar-refractivity contribution in [3.8, 4) is 0 Å². The highest BCUT2D eigenvalue weighted by atomic mass is 32.2. The molecule has 94 valence electrons. The van der Waals surface area contributed by atoms with Gasteiger partial charge in [0, 0.05) is 17.9 Å². The lowest BCUT2D eigenvalue weighted by Gasteiger charge is -2.08. The minimum absolute atomic E-state index is 0.891. The number of anilines is 2. The van der Waals surface area contributed by atoms with Crippen molar-refractivity contribution in [1.29, 1.82) is 0 Å². The molecule has 1 aromatic carbocycles. The summed E-state index contributed by atoms with van der Waals surface area (Å²) in [5, 5.41) is 3.36. The van der Waals surface area contributed by atoms with Gasteiger partial charge in [0.1, 0.15) is 12.1 Å². The van der Waals surface area contributed by atoms with E-state index in [0.717, 1.165) is 40.4 Å². The number of aromatic amines is 1. The summed E-state index contributed by atoms with van der Waals surface area (Å²) in [4.78, 5) is 17.2. The molecule has 4 rings (SSSR count). The van der Waals surface area contributed by atoms with Gasteiger partial charge in [0.15, 0.2) is 0 Å². The molecule has 0 amide bonds. The Morgan fingerprint density at radius 1 is 1.21 bits per heavy atom. The Morgan fingerprint density at radius 3 is 3.21 bits per heavy atom. The third-order valence-corrected chi connectivity index (χ3v) is 4.27. The summed E-state index contributed by atoms with van der Waals surface area (Å²) in [6.07, 6.45) is 4.35. The van der Waals surface area contributed by atoms with Gasteiger partial charge in [-0.25, -0.2) is 15.0 Å². The van der Waals surface area contributed by atoms with Crippen LogP contribution >= 0.6 is 11.8 Å². The number of fused-ring (bicyclic) bond motifs is 2. The van der Waals surface area contributed by atoms with Crippen LogP contribution in [0.15, 0.2) is 35.7 Å². The maximum absolute atomic E-state index is 4.34. The smallest absolute Gasteiger partial charge is 0.147 e. The monoisotopic (exact) mass is 269 g/mol. The first-order chi connectivity index (χ1) is 9.40. The lowest BCUT2D eigenvalue weighted by atomic mass is 10.2. The fourth-order valence-corrected chi connectivity index (χ4v) is 3.29. The molecule has 2 N–H and O–H groups in total. The largest absolute Gasteiger partial charge is 0.345 e. The summed E-state index contributed by atoms with van der Waals surface area (Å²) >= 11 is 1.81. The van der Waals surface area contributed by atoms with Gasteiger partial charge in [0.25, 0.3) is 0 Å². The normalized spacial score (nSPS) is 13.7. The number of hydrogen-bond acceptors (Lipinski definition) is 5. The molecular formula is C13H11N5S. The molecule has 0 atom stereocenters. The number of aryl methyl sites for hydroxylation is 1. The van der Waals surface area contributed by atoms with Crippen molar-refractivity contribution in [2.24, 2.45) is 0 Å². The minimum atomic E-state index is 0.891. The Hall–Kier alpha value is -2.08. The molecule has 0 radical (unpaired) electrons. The zero-order valence-electron chi connectivity index (χ0n) is 10.1. The first kappa shape index (κ1) is 10.8. The third kappa shape index (κ3) is 1.84. The number of benzene rings is 1. The Morgan fingerprint density at radius 2 is 2.21 bits per heavy atom. The van der Waals surface area contributed by atoms with Crippen molar-refractivity contribution in [2.45, 2.75) is 11.3 Å². The molecule has 1 aliphatic rings.